The van der Waals surface area contributed by atoms with Crippen LogP contribution in [-0.4, -0.2) is 141 Å². The van der Waals surface area contributed by atoms with Gasteiger partial charge in [-0.25, -0.2) is 19.9 Å². The Labute approximate surface area is 489 Å². The number of nitrogens with one attached hydrogen (secondary N) is 8. The van der Waals surface area contributed by atoms with Gasteiger partial charge in [0.2, 0.25) is 0 Å². The summed E-state index contributed by atoms with van der Waals surface area (Å²) in [6, 6.07) is 54.0. The van der Waals surface area contributed by atoms with E-state index in [0.717, 1.165) is 113 Å². The molecule has 0 bridgehead atoms. The van der Waals surface area contributed by atoms with Gasteiger partial charge in [0.05, 0.1) is 44.1 Å². The van der Waals surface area contributed by atoms with Gasteiger partial charge in [0.1, 0.15) is 23.3 Å². The van der Waals surface area contributed by atoms with Crippen molar-refractivity contribution < 1.29 is 19.2 Å². The topological polar surface area (TPSA) is 238 Å². The second-order valence-corrected chi connectivity index (χ2v) is 21.6. The number of fused-ring (bicyclic) bond motifs is 4. The number of amides is 4. The first-order valence-corrected chi connectivity index (χ1v) is 28.2. The molecule has 0 radical (unpaired) electrons. The third kappa shape index (κ3) is 12.5. The molecule has 4 amide bonds. The van der Waals surface area contributed by atoms with E-state index >= 15 is 0 Å². The lowest BCUT2D eigenvalue weighted by Gasteiger charge is -2.10. The Morgan fingerprint density at radius 3 is 0.776 bits per heavy atom. The van der Waals surface area contributed by atoms with E-state index in [2.05, 4.69) is 77.6 Å². The minimum absolute atomic E-state index is 0.103. The molecule has 4 heterocycles. The summed E-state index contributed by atoms with van der Waals surface area (Å²) in [7, 11) is 7.89. The van der Waals surface area contributed by atoms with Gasteiger partial charge in [-0.2, -0.15) is 0 Å². The highest BCUT2D eigenvalue weighted by molar-refractivity contribution is 5.98. The number of benzene rings is 8. The maximum atomic E-state index is 13.1. The van der Waals surface area contributed by atoms with Crippen LogP contribution in [0.2, 0.25) is 0 Å². The van der Waals surface area contributed by atoms with E-state index in [9.17, 15) is 19.2 Å². The average molecular weight is 1130 g/mol. The first-order valence-electron chi connectivity index (χ1n) is 28.2. The highest BCUT2D eigenvalue weighted by Gasteiger charge is 2.16. The number of aromatic amines is 4. The van der Waals surface area contributed by atoms with E-state index in [0.29, 0.717) is 66.5 Å². The predicted molar refractivity (Wildman–Crippen MR) is 335 cm³/mol. The Morgan fingerprint density at radius 2 is 0.541 bits per heavy atom. The molecule has 0 atom stereocenters. The summed E-state index contributed by atoms with van der Waals surface area (Å²) < 4.78 is 0. The number of likely N-dealkylation sites (N-methyl/N-ethyl adjacent to an activating group) is 2. The van der Waals surface area contributed by atoms with Crippen LogP contribution in [0.4, 0.5) is 0 Å². The fourth-order valence-corrected chi connectivity index (χ4v) is 10.1. The number of aromatic nitrogens is 8. The smallest absolute Gasteiger partial charge is 0.251 e. The molecule has 0 aliphatic carbocycles. The zero-order chi connectivity index (χ0) is 58.6. The van der Waals surface area contributed by atoms with Crippen molar-refractivity contribution in [2.24, 2.45) is 0 Å². The molecule has 85 heavy (non-hydrogen) atoms. The van der Waals surface area contributed by atoms with Crippen molar-refractivity contribution in [3.05, 3.63) is 192 Å². The lowest BCUT2D eigenvalue weighted by molar-refractivity contribution is 0.0938. The molecule has 12 aromatic rings. The van der Waals surface area contributed by atoms with Gasteiger partial charge in [0, 0.05) is 83.8 Å². The molecule has 18 heteroatoms. The molecule has 8 N–H and O–H groups in total. The minimum atomic E-state index is -0.206. The van der Waals surface area contributed by atoms with E-state index in [1.807, 2.05) is 147 Å². The third-order valence-corrected chi connectivity index (χ3v) is 14.9. The van der Waals surface area contributed by atoms with Gasteiger partial charge in [-0.3, -0.25) is 19.2 Å². The molecule has 0 fully saturated rings. The number of rotatable bonds is 20. The van der Waals surface area contributed by atoms with Gasteiger partial charge >= 0.3 is 0 Å². The molecule has 424 valence electrons. The van der Waals surface area contributed by atoms with Gasteiger partial charge in [-0.05, 0) is 154 Å². The van der Waals surface area contributed by atoms with Gasteiger partial charge in [-0.1, -0.05) is 72.8 Å². The van der Waals surface area contributed by atoms with Crippen molar-refractivity contribution in [1.82, 2.24) is 70.9 Å². The Morgan fingerprint density at radius 1 is 0.318 bits per heavy atom. The lowest BCUT2D eigenvalue weighted by Crippen LogP contribution is -2.31. The highest BCUT2D eigenvalue weighted by atomic mass is 16.2. The van der Waals surface area contributed by atoms with Crippen molar-refractivity contribution in [3.63, 3.8) is 0 Å². The summed E-state index contributed by atoms with van der Waals surface area (Å²) in [6.07, 6.45) is 0.548. The molecule has 8 aromatic carbocycles. The fourth-order valence-electron chi connectivity index (χ4n) is 10.1. The van der Waals surface area contributed by atoms with Crippen LogP contribution in [0.15, 0.2) is 170 Å². The Hall–Kier alpha value is -10.6. The van der Waals surface area contributed by atoms with E-state index in [-0.39, 0.29) is 23.6 Å². The largest absolute Gasteiger partial charge is 0.352 e. The standard InChI is InChI=1S/C67H62N14O4/c1-80(2)34-32-70-66(84)46-18-10-42(11-19-46)62-74-54-28-24-50(38-58(54)78-62)48-22-26-52-56(36-48)76-60(72-52)40-6-14-44(15-7-40)64(82)68-30-5-31-69-65(83)45-16-8-41(9-17-45)61-73-53-27-23-49(37-57(53)77-61)51-25-29-55-59(39-51)79-63(75-55)43-12-20-47(21-13-43)67(85)71-33-35-81(3)4/h6-29,36-39H,5,30-35H2,1-4H3,(H,68,82)(H,69,83)(H,70,84)(H,71,85)(H,72,76)(H,73,77)(H,74,78)(H,75,79). The molecule has 0 unspecified atom stereocenters. The van der Waals surface area contributed by atoms with Gasteiger partial charge in [0.15, 0.2) is 0 Å². The third-order valence-electron chi connectivity index (χ3n) is 14.9. The van der Waals surface area contributed by atoms with Gasteiger partial charge < -0.3 is 51.0 Å². The molecule has 0 saturated heterocycles. The Kier molecular flexibility index (Phi) is 15.6. The number of nitrogens with zero attached hydrogens (tertiary/aromatic N) is 6. The first kappa shape index (κ1) is 55.0. The first-order chi connectivity index (χ1) is 41.3. The second-order valence-electron chi connectivity index (χ2n) is 21.6. The van der Waals surface area contributed by atoms with E-state index in [1.165, 1.54) is 0 Å². The number of hydrogen-bond donors (Lipinski definition) is 8. The summed E-state index contributed by atoms with van der Waals surface area (Å²) in [5, 5.41) is 11.8. The number of carbonyl (C=O) groups excluding carboxylic acids is 4. The van der Waals surface area contributed by atoms with E-state index in [1.54, 1.807) is 24.3 Å². The molecule has 0 saturated carbocycles. The van der Waals surface area contributed by atoms with E-state index in [4.69, 9.17) is 19.9 Å². The monoisotopic (exact) mass is 1130 g/mol. The maximum Gasteiger partial charge on any atom is 0.251 e. The Balaban J connectivity index is 0.600. The molecule has 0 aliphatic heterocycles. The highest BCUT2D eigenvalue weighted by Crippen LogP contribution is 2.32. The molecular formula is C67H62N14O4. The predicted octanol–water partition coefficient (Wildman–Crippen LogP) is 10.3. The summed E-state index contributed by atoms with van der Waals surface area (Å²) in [4.78, 5) is 88.7. The van der Waals surface area contributed by atoms with Crippen molar-refractivity contribution in [3.8, 4) is 67.8 Å². The van der Waals surface area contributed by atoms with Crippen molar-refractivity contribution in [2.75, 3.05) is 67.5 Å². The fraction of sp³-hybridized carbons (Fsp3) is 0.164. The van der Waals surface area contributed by atoms with Crippen LogP contribution >= 0.6 is 0 Å². The van der Waals surface area contributed by atoms with E-state index < -0.39 is 0 Å². The lowest BCUT2D eigenvalue weighted by atomic mass is 10.0. The number of imidazole rings is 4. The summed E-state index contributed by atoms with van der Waals surface area (Å²) in [5.41, 5.74) is 16.5. The van der Waals surface area contributed by atoms with Crippen LogP contribution < -0.4 is 21.3 Å². The van der Waals surface area contributed by atoms with Crippen LogP contribution in [0.3, 0.4) is 0 Å². The SMILES string of the molecule is CN(C)CCNC(=O)c1ccc(-c2nc3cc(-c4ccc5[nH]c(-c6ccc(C(=O)NCCCNC(=O)c7ccc(-c8nc9cc(-c%10ccc%11[nH]c(-c%12ccc(C(=O)NCCN(C)C)cc%12)nc%11c%10)ccc9[nH]8)cc7)cc6)nc5c4)ccc3[nH]2)cc1. The molecule has 0 spiro atoms. The normalized spacial score (nSPS) is 11.6. The average Bonchev–Trinajstić information content (AvgIpc) is 4.38. The molecular weight excluding hydrogens is 1060 g/mol. The number of hydrogen-bond acceptors (Lipinski definition) is 10. The van der Waals surface area contributed by atoms with Gasteiger partial charge in [-0.15, -0.1) is 0 Å². The summed E-state index contributed by atoms with van der Waals surface area (Å²) in [5.74, 6) is 2.21. The maximum absolute atomic E-state index is 13.1. The van der Waals surface area contributed by atoms with Gasteiger partial charge in [0.25, 0.3) is 23.6 Å². The Bertz CT molecular complexity index is 4140. The van der Waals surface area contributed by atoms with Crippen molar-refractivity contribution >= 4 is 67.8 Å². The van der Waals surface area contributed by atoms with Crippen LogP contribution in [-0.2, 0) is 0 Å². The minimum Gasteiger partial charge on any atom is -0.352 e. The van der Waals surface area contributed by atoms with Crippen LogP contribution in [0.5, 0.6) is 0 Å². The zero-order valence-corrected chi connectivity index (χ0v) is 47.4. The van der Waals surface area contributed by atoms with Crippen LogP contribution in [0, 0.1) is 0 Å². The van der Waals surface area contributed by atoms with Crippen LogP contribution in [0.25, 0.3) is 112 Å². The quantitative estimate of drug-likeness (QED) is 0.0336. The zero-order valence-electron chi connectivity index (χ0n) is 47.4. The number of carbonyl (C=O) groups is 4. The molecule has 18 nitrogen and oxygen atoms in total. The molecule has 0 aliphatic rings. The second kappa shape index (κ2) is 24.1. The number of H-pyrrole nitrogens is 4. The molecule has 12 rings (SSSR count). The summed E-state index contributed by atoms with van der Waals surface area (Å²) in [6.45, 7) is 3.46. The van der Waals surface area contributed by atoms with Crippen molar-refractivity contribution in [2.45, 2.75) is 6.42 Å². The summed E-state index contributed by atoms with van der Waals surface area (Å²) >= 11 is 0. The van der Waals surface area contributed by atoms with Crippen LogP contribution in [0.1, 0.15) is 47.9 Å². The molecule has 4 aromatic heterocycles. The van der Waals surface area contributed by atoms with Crippen molar-refractivity contribution in [1.29, 1.82) is 0 Å².